The third-order valence-electron chi connectivity index (χ3n) is 4.50. The lowest BCUT2D eigenvalue weighted by atomic mass is 10.0. The lowest BCUT2D eigenvalue weighted by molar-refractivity contribution is 0.270. The number of rotatable bonds is 4. The van der Waals surface area contributed by atoms with Crippen molar-refractivity contribution in [3.63, 3.8) is 0 Å². The molecule has 2 fully saturated rings. The van der Waals surface area contributed by atoms with Crippen molar-refractivity contribution in [1.82, 2.24) is 4.90 Å². The molecule has 1 saturated carbocycles. The van der Waals surface area contributed by atoms with Gasteiger partial charge in [0, 0.05) is 19.6 Å². The van der Waals surface area contributed by atoms with Gasteiger partial charge < -0.3 is 10.6 Å². The maximum Gasteiger partial charge on any atom is 0.191 e. The molecule has 1 aliphatic carbocycles. The molecule has 1 unspecified atom stereocenters. The summed E-state index contributed by atoms with van der Waals surface area (Å²) >= 11 is 0. The van der Waals surface area contributed by atoms with Crippen LogP contribution in [0.25, 0.3) is 0 Å². The first-order valence-corrected chi connectivity index (χ1v) is 7.80. The summed E-state index contributed by atoms with van der Waals surface area (Å²) in [4.78, 5) is 6.83. The Bertz CT molecular complexity index is 275. The van der Waals surface area contributed by atoms with Gasteiger partial charge >= 0.3 is 0 Å². The topological polar surface area (TPSA) is 41.6 Å². The lowest BCUT2D eigenvalue weighted by Gasteiger charge is -2.31. The number of guanidine groups is 1. The molecule has 112 valence electrons. The Labute approximate surface area is 135 Å². The lowest BCUT2D eigenvalue weighted by Crippen LogP contribution is -2.43. The van der Waals surface area contributed by atoms with Crippen LogP contribution in [0.3, 0.4) is 0 Å². The molecule has 2 rings (SSSR count). The summed E-state index contributed by atoms with van der Waals surface area (Å²) in [6.07, 6.45) is 11.0. The van der Waals surface area contributed by atoms with Crippen molar-refractivity contribution in [1.29, 1.82) is 0 Å². The molecule has 1 aliphatic heterocycles. The van der Waals surface area contributed by atoms with E-state index in [2.05, 4.69) is 16.8 Å². The van der Waals surface area contributed by atoms with Crippen LogP contribution < -0.4 is 5.73 Å². The summed E-state index contributed by atoms with van der Waals surface area (Å²) in [6.45, 7) is 5.42. The van der Waals surface area contributed by atoms with E-state index in [1.165, 1.54) is 51.4 Å². The quantitative estimate of drug-likeness (QED) is 0.351. The van der Waals surface area contributed by atoms with Crippen LogP contribution >= 0.6 is 24.0 Å². The van der Waals surface area contributed by atoms with Crippen LogP contribution in [-0.2, 0) is 0 Å². The van der Waals surface area contributed by atoms with Gasteiger partial charge in [0.15, 0.2) is 5.96 Å². The molecule has 0 radical (unpaired) electrons. The fourth-order valence-corrected chi connectivity index (χ4v) is 3.37. The molecule has 0 aromatic heterocycles. The zero-order valence-corrected chi connectivity index (χ0v) is 14.6. The minimum absolute atomic E-state index is 0. The first-order valence-electron chi connectivity index (χ1n) is 7.80. The van der Waals surface area contributed by atoms with Gasteiger partial charge in [-0.3, -0.25) is 4.99 Å². The number of nitrogens with zero attached hydrogens (tertiary/aromatic N) is 2. The predicted molar refractivity (Wildman–Crippen MR) is 93.1 cm³/mol. The van der Waals surface area contributed by atoms with E-state index in [1.54, 1.807) is 0 Å². The van der Waals surface area contributed by atoms with Gasteiger partial charge in [0.1, 0.15) is 0 Å². The standard InChI is InChI=1S/C15H29N3.HI/c1-13-6-5-11-18(12-13)15(16)17-10-4-9-14-7-2-3-8-14;/h13-14H,2-12H2,1H3,(H2,16,17);1H. The molecule has 4 heteroatoms. The van der Waals surface area contributed by atoms with E-state index in [0.717, 1.165) is 37.4 Å². The second kappa shape index (κ2) is 9.03. The fourth-order valence-electron chi connectivity index (χ4n) is 3.37. The normalized spacial score (nSPS) is 25.4. The summed E-state index contributed by atoms with van der Waals surface area (Å²) < 4.78 is 0. The van der Waals surface area contributed by atoms with Crippen molar-refractivity contribution in [2.45, 2.75) is 58.3 Å². The van der Waals surface area contributed by atoms with Crippen molar-refractivity contribution in [3.8, 4) is 0 Å². The van der Waals surface area contributed by atoms with Crippen LogP contribution in [0.4, 0.5) is 0 Å². The molecule has 0 aromatic carbocycles. The summed E-state index contributed by atoms with van der Waals surface area (Å²) in [5.41, 5.74) is 6.08. The monoisotopic (exact) mass is 379 g/mol. The first kappa shape index (κ1) is 17.1. The second-order valence-electron chi connectivity index (χ2n) is 6.23. The Morgan fingerprint density at radius 3 is 2.63 bits per heavy atom. The van der Waals surface area contributed by atoms with E-state index in [9.17, 15) is 0 Å². The van der Waals surface area contributed by atoms with Crippen LogP contribution in [0.15, 0.2) is 4.99 Å². The highest BCUT2D eigenvalue weighted by molar-refractivity contribution is 14.0. The number of hydrogen-bond acceptors (Lipinski definition) is 1. The van der Waals surface area contributed by atoms with Gasteiger partial charge in [0.25, 0.3) is 0 Å². The molecule has 19 heavy (non-hydrogen) atoms. The highest BCUT2D eigenvalue weighted by Crippen LogP contribution is 2.28. The number of halogens is 1. The minimum Gasteiger partial charge on any atom is -0.370 e. The van der Waals surface area contributed by atoms with Gasteiger partial charge in [-0.2, -0.15) is 0 Å². The van der Waals surface area contributed by atoms with Crippen molar-refractivity contribution in [3.05, 3.63) is 0 Å². The molecule has 0 spiro atoms. The maximum atomic E-state index is 6.08. The Morgan fingerprint density at radius 2 is 1.95 bits per heavy atom. The van der Waals surface area contributed by atoms with Crippen molar-refractivity contribution in [2.75, 3.05) is 19.6 Å². The Kier molecular flexibility index (Phi) is 8.11. The number of aliphatic imine (C=N–C) groups is 1. The highest BCUT2D eigenvalue weighted by Gasteiger charge is 2.17. The summed E-state index contributed by atoms with van der Waals surface area (Å²) in [6, 6.07) is 0. The smallest absolute Gasteiger partial charge is 0.191 e. The largest absolute Gasteiger partial charge is 0.370 e. The van der Waals surface area contributed by atoms with Crippen LogP contribution in [0.5, 0.6) is 0 Å². The van der Waals surface area contributed by atoms with Crippen molar-refractivity contribution < 1.29 is 0 Å². The number of hydrogen-bond donors (Lipinski definition) is 1. The Hall–Kier alpha value is 0. The molecule has 1 saturated heterocycles. The third-order valence-corrected chi connectivity index (χ3v) is 4.50. The third kappa shape index (κ3) is 5.88. The van der Waals surface area contributed by atoms with Gasteiger partial charge in [0.2, 0.25) is 0 Å². The summed E-state index contributed by atoms with van der Waals surface area (Å²) in [5, 5.41) is 0. The Balaban J connectivity index is 0.00000180. The van der Waals surface area contributed by atoms with E-state index in [-0.39, 0.29) is 24.0 Å². The van der Waals surface area contributed by atoms with Crippen LogP contribution in [0.1, 0.15) is 58.3 Å². The summed E-state index contributed by atoms with van der Waals surface area (Å²) in [5.74, 6) is 2.54. The maximum absolute atomic E-state index is 6.08. The molecule has 0 aromatic rings. The van der Waals surface area contributed by atoms with Gasteiger partial charge in [0.05, 0.1) is 0 Å². The summed E-state index contributed by atoms with van der Waals surface area (Å²) in [7, 11) is 0. The molecule has 3 nitrogen and oxygen atoms in total. The van der Waals surface area contributed by atoms with E-state index in [0.29, 0.717) is 0 Å². The average molecular weight is 379 g/mol. The molecule has 1 atom stereocenters. The van der Waals surface area contributed by atoms with Gasteiger partial charge in [-0.25, -0.2) is 0 Å². The first-order chi connectivity index (χ1) is 8.75. The fraction of sp³-hybridized carbons (Fsp3) is 0.933. The average Bonchev–Trinajstić information content (AvgIpc) is 2.87. The van der Waals surface area contributed by atoms with E-state index >= 15 is 0 Å². The SMILES string of the molecule is CC1CCCN(C(N)=NCCCC2CCCC2)C1.I. The van der Waals surface area contributed by atoms with Crippen molar-refractivity contribution >= 4 is 29.9 Å². The van der Waals surface area contributed by atoms with Crippen LogP contribution in [0.2, 0.25) is 0 Å². The molecule has 2 N–H and O–H groups in total. The van der Waals surface area contributed by atoms with E-state index < -0.39 is 0 Å². The molecular weight excluding hydrogens is 349 g/mol. The van der Waals surface area contributed by atoms with Gasteiger partial charge in [-0.1, -0.05) is 32.6 Å². The van der Waals surface area contributed by atoms with Crippen LogP contribution in [-0.4, -0.2) is 30.5 Å². The minimum atomic E-state index is 0. The molecule has 2 aliphatic rings. The number of likely N-dealkylation sites (tertiary alicyclic amines) is 1. The molecule has 1 heterocycles. The number of piperidine rings is 1. The predicted octanol–water partition coefficient (Wildman–Crippen LogP) is 3.62. The van der Waals surface area contributed by atoms with Crippen LogP contribution in [0, 0.1) is 11.8 Å². The van der Waals surface area contributed by atoms with E-state index in [4.69, 9.17) is 5.73 Å². The second-order valence-corrected chi connectivity index (χ2v) is 6.23. The van der Waals surface area contributed by atoms with Gasteiger partial charge in [-0.05, 0) is 37.5 Å². The molecular formula is C15H30IN3. The van der Waals surface area contributed by atoms with Gasteiger partial charge in [-0.15, -0.1) is 24.0 Å². The molecule has 0 amide bonds. The van der Waals surface area contributed by atoms with E-state index in [1.807, 2.05) is 0 Å². The van der Waals surface area contributed by atoms with Crippen molar-refractivity contribution in [2.24, 2.45) is 22.6 Å². The highest BCUT2D eigenvalue weighted by atomic mass is 127. The zero-order chi connectivity index (χ0) is 12.8. The molecule has 0 bridgehead atoms. The Morgan fingerprint density at radius 1 is 1.21 bits per heavy atom. The number of nitrogens with two attached hydrogens (primary N) is 1. The zero-order valence-electron chi connectivity index (χ0n) is 12.3.